The van der Waals surface area contributed by atoms with Crippen molar-refractivity contribution < 1.29 is 58.0 Å². The Labute approximate surface area is 420 Å². The molecular weight excluding hydrogens is 933 g/mol. The lowest BCUT2D eigenvalue weighted by molar-refractivity contribution is -0.134. The lowest BCUT2D eigenvalue weighted by Crippen LogP contribution is -2.70. The fourth-order valence-electron chi connectivity index (χ4n) is 8.50. The number of carbonyl (C=O) groups is 8. The molecule has 4 fully saturated rings. The minimum atomic E-state index is -0.968. The van der Waals surface area contributed by atoms with E-state index in [1.165, 1.54) is 24.3 Å². The van der Waals surface area contributed by atoms with Crippen LogP contribution in [0.4, 0.5) is 0 Å². The molecule has 0 radical (unpaired) electrons. The van der Waals surface area contributed by atoms with Crippen molar-refractivity contribution in [1.29, 1.82) is 0 Å². The van der Waals surface area contributed by atoms with E-state index in [1.807, 2.05) is 27.7 Å². The number of carbonyl (C=O) groups excluding carboxylic acids is 8. The molecule has 12 N–H and O–H groups in total. The van der Waals surface area contributed by atoms with Crippen LogP contribution in [0.5, 0.6) is 11.5 Å². The Kier molecular flexibility index (Phi) is 19.9. The highest BCUT2D eigenvalue weighted by Crippen LogP contribution is 2.20. The van der Waals surface area contributed by atoms with Gasteiger partial charge in [-0.05, 0) is 87.8 Å². The maximum Gasteiger partial charge on any atom is 0.243 e. The monoisotopic (exact) mass is 1010 g/mol. The second-order valence-corrected chi connectivity index (χ2v) is 20.4. The summed E-state index contributed by atoms with van der Waals surface area (Å²) in [4.78, 5) is 104. The number of rotatable bonds is 8. The molecule has 0 aliphatic carbocycles. The molecule has 0 bridgehead atoms. The van der Waals surface area contributed by atoms with Crippen molar-refractivity contribution in [3.8, 4) is 11.5 Å². The van der Waals surface area contributed by atoms with Gasteiger partial charge in [-0.15, -0.1) is 0 Å². The Morgan fingerprint density at radius 1 is 0.444 bits per heavy atom. The zero-order chi connectivity index (χ0) is 52.9. The minimum Gasteiger partial charge on any atom is -0.508 e. The van der Waals surface area contributed by atoms with Crippen molar-refractivity contribution in [2.24, 2.45) is 11.8 Å². The highest BCUT2D eigenvalue weighted by Gasteiger charge is 2.44. The average molecular weight is 1010 g/mol. The van der Waals surface area contributed by atoms with Gasteiger partial charge >= 0.3 is 0 Å². The number of phenolic OH excluding ortho intramolecular Hbond substituents is 2. The summed E-state index contributed by atoms with van der Waals surface area (Å²) in [6.45, 7) is 15.9. The van der Waals surface area contributed by atoms with Gasteiger partial charge in [0.15, 0.2) is 0 Å². The molecule has 0 unspecified atom stereocenters. The van der Waals surface area contributed by atoms with Crippen molar-refractivity contribution in [3.05, 3.63) is 59.7 Å². The fourth-order valence-corrected chi connectivity index (χ4v) is 8.50. The van der Waals surface area contributed by atoms with Gasteiger partial charge < -0.3 is 62.2 Å². The Morgan fingerprint density at radius 3 is 1.04 bits per heavy atom. The molecule has 0 saturated carbocycles. The molecule has 72 heavy (non-hydrogen) atoms. The highest BCUT2D eigenvalue weighted by atomic mass is 16.5. The molecule has 22 heteroatoms. The third kappa shape index (κ3) is 16.3. The molecule has 8 amide bonds. The molecular formula is C50H74N10O12. The van der Waals surface area contributed by atoms with Crippen molar-refractivity contribution in [2.75, 3.05) is 39.5 Å². The normalized spacial score (nSPS) is 27.7. The van der Waals surface area contributed by atoms with E-state index >= 15 is 0 Å². The number of nitrogens with one attached hydrogen (secondary N) is 10. The van der Waals surface area contributed by atoms with Crippen LogP contribution in [0.15, 0.2) is 48.5 Å². The average Bonchev–Trinajstić information content (AvgIpc) is 3.29. The lowest BCUT2D eigenvalue weighted by atomic mass is 9.95. The SMILES string of the molecule is CC(C)C[C@@H]1NC(=O)[C@H](Cc2ccc(O)cc2)NC(=O)[C@H](C)NC2(CNC(=O)[C@H](C)NC1=O)COC2.CC(C)C[C@@H]1NC(=O)[C@H](Cc2ccc(O)cc2)NC(=O)[C@H](C)NC2(CNC(=O)[C@H](C)NC1=O)COC2. The molecule has 2 aromatic carbocycles. The van der Waals surface area contributed by atoms with Gasteiger partial charge in [0.25, 0.3) is 0 Å². The zero-order valence-electron chi connectivity index (χ0n) is 42.4. The highest BCUT2D eigenvalue weighted by molar-refractivity contribution is 5.96. The molecule has 4 heterocycles. The summed E-state index contributed by atoms with van der Waals surface area (Å²) in [5.41, 5.74) is 0.184. The van der Waals surface area contributed by atoms with E-state index < -0.39 is 94.9 Å². The Hall–Kier alpha value is -6.36. The molecule has 396 valence electrons. The van der Waals surface area contributed by atoms with E-state index in [4.69, 9.17) is 9.47 Å². The van der Waals surface area contributed by atoms with Crippen molar-refractivity contribution in [3.63, 3.8) is 0 Å². The van der Waals surface area contributed by atoms with Crippen LogP contribution >= 0.6 is 0 Å². The van der Waals surface area contributed by atoms with E-state index in [0.29, 0.717) is 39.3 Å². The van der Waals surface area contributed by atoms with E-state index in [0.717, 1.165) is 11.1 Å². The topological polar surface area (TPSA) is 316 Å². The Balaban J connectivity index is 0.000000267. The standard InChI is InChI=1S/2C25H37N5O6/c2*1-14(2)9-19-23(34)27-15(3)21(32)26-11-25(12-36-13-25)30-16(4)22(33)28-20(24(35)29-19)10-17-5-7-18(31)8-6-17/h2*5-8,14-16,19-20,30-31H,9-13H2,1-4H3,(H,26,32)(H,27,34)(H,28,33)(H,29,35)/t2*15-,16-,19-,20-/m00/s1. The van der Waals surface area contributed by atoms with E-state index in [2.05, 4.69) is 53.2 Å². The largest absolute Gasteiger partial charge is 0.508 e. The first kappa shape index (κ1) is 56.6. The van der Waals surface area contributed by atoms with Gasteiger partial charge in [0.2, 0.25) is 47.3 Å². The maximum absolute atomic E-state index is 13.4. The second-order valence-electron chi connectivity index (χ2n) is 20.4. The van der Waals surface area contributed by atoms with E-state index in [-0.39, 0.29) is 61.1 Å². The van der Waals surface area contributed by atoms with Gasteiger partial charge in [0, 0.05) is 25.9 Å². The number of benzene rings is 2. The van der Waals surface area contributed by atoms with Crippen LogP contribution in [0, 0.1) is 11.8 Å². The second kappa shape index (κ2) is 25.3. The predicted octanol–water partition coefficient (Wildman–Crippen LogP) is -1.34. The van der Waals surface area contributed by atoms with Crippen LogP contribution in [-0.2, 0) is 60.7 Å². The third-order valence-electron chi connectivity index (χ3n) is 12.7. The molecule has 2 spiro atoms. The summed E-state index contributed by atoms with van der Waals surface area (Å²) in [5, 5.41) is 47.8. The summed E-state index contributed by atoms with van der Waals surface area (Å²) in [7, 11) is 0. The van der Waals surface area contributed by atoms with Crippen LogP contribution in [-0.4, -0.2) is 156 Å². The molecule has 8 atom stereocenters. The van der Waals surface area contributed by atoms with Crippen LogP contribution in [0.2, 0.25) is 0 Å². The van der Waals surface area contributed by atoms with Crippen LogP contribution in [0.25, 0.3) is 0 Å². The molecule has 2 aromatic rings. The summed E-state index contributed by atoms with van der Waals surface area (Å²) >= 11 is 0. The first-order valence-electron chi connectivity index (χ1n) is 24.6. The summed E-state index contributed by atoms with van der Waals surface area (Å²) in [6, 6.07) is 5.98. The summed E-state index contributed by atoms with van der Waals surface area (Å²) in [5.74, 6) is -3.19. The van der Waals surface area contributed by atoms with Gasteiger partial charge in [-0.2, -0.15) is 0 Å². The van der Waals surface area contributed by atoms with E-state index in [9.17, 15) is 48.6 Å². The lowest BCUT2D eigenvalue weighted by Gasteiger charge is -2.44. The number of aromatic hydroxyl groups is 2. The van der Waals surface area contributed by atoms with E-state index in [1.54, 1.807) is 52.0 Å². The van der Waals surface area contributed by atoms with Gasteiger partial charge in [0.05, 0.1) is 49.6 Å². The van der Waals surface area contributed by atoms with Crippen LogP contribution < -0.4 is 53.2 Å². The Bertz CT molecular complexity index is 2080. The van der Waals surface area contributed by atoms with Crippen LogP contribution in [0.3, 0.4) is 0 Å². The van der Waals surface area contributed by atoms with Crippen molar-refractivity contribution >= 4 is 47.3 Å². The maximum atomic E-state index is 13.4. The number of phenols is 2. The number of amides is 8. The first-order valence-corrected chi connectivity index (χ1v) is 24.6. The van der Waals surface area contributed by atoms with Crippen LogP contribution in [0.1, 0.15) is 79.4 Å². The summed E-state index contributed by atoms with van der Waals surface area (Å²) < 4.78 is 10.7. The number of hydrogen-bond donors (Lipinski definition) is 12. The smallest absolute Gasteiger partial charge is 0.243 e. The number of hydrogen-bond acceptors (Lipinski definition) is 14. The Morgan fingerprint density at radius 2 is 0.750 bits per heavy atom. The van der Waals surface area contributed by atoms with Gasteiger partial charge in [-0.25, -0.2) is 0 Å². The molecule has 22 nitrogen and oxygen atoms in total. The quantitative estimate of drug-likeness (QED) is 0.146. The van der Waals surface area contributed by atoms with Gasteiger partial charge in [-0.3, -0.25) is 49.0 Å². The van der Waals surface area contributed by atoms with Gasteiger partial charge in [-0.1, -0.05) is 52.0 Å². The van der Waals surface area contributed by atoms with Gasteiger partial charge in [0.1, 0.15) is 47.8 Å². The van der Waals surface area contributed by atoms with Crippen molar-refractivity contribution in [2.45, 2.75) is 140 Å². The van der Waals surface area contributed by atoms with Crippen molar-refractivity contribution in [1.82, 2.24) is 53.2 Å². The first-order chi connectivity index (χ1) is 34.0. The minimum absolute atomic E-state index is 0.0834. The molecule has 4 saturated heterocycles. The zero-order valence-corrected chi connectivity index (χ0v) is 42.4. The third-order valence-corrected chi connectivity index (χ3v) is 12.7. The fraction of sp³-hybridized carbons (Fsp3) is 0.600. The number of ether oxygens (including phenoxy) is 2. The summed E-state index contributed by atoms with van der Waals surface area (Å²) in [6.07, 6.45) is 1.02. The molecule has 4 aliphatic rings. The molecule has 6 rings (SSSR count). The predicted molar refractivity (Wildman–Crippen MR) is 264 cm³/mol. The molecule has 0 aromatic heterocycles. The molecule has 4 aliphatic heterocycles.